The van der Waals surface area contributed by atoms with Gasteiger partial charge in [0.15, 0.2) is 11.5 Å². The number of nitrogens with one attached hydrogen (secondary N) is 1. The molecule has 3 aromatic rings. The molecular weight excluding hydrogens is 470 g/mol. The second-order valence-electron chi connectivity index (χ2n) is 9.43. The number of benzene rings is 3. The largest absolute Gasteiger partial charge is 0.454 e. The highest BCUT2D eigenvalue weighted by atomic mass is 16.7. The Bertz CT molecular complexity index is 1390. The molecule has 0 saturated heterocycles. The number of anilines is 1. The van der Waals surface area contributed by atoms with Crippen LogP contribution in [0.3, 0.4) is 0 Å². The van der Waals surface area contributed by atoms with Gasteiger partial charge in [0.25, 0.3) is 11.8 Å². The second kappa shape index (κ2) is 9.61. The highest BCUT2D eigenvalue weighted by Crippen LogP contribution is 2.45. The molecule has 1 unspecified atom stereocenters. The zero-order valence-corrected chi connectivity index (χ0v) is 20.3. The summed E-state index contributed by atoms with van der Waals surface area (Å²) in [6.45, 7) is 1.17. The summed E-state index contributed by atoms with van der Waals surface area (Å²) in [5.41, 5.74) is 3.66. The van der Waals surface area contributed by atoms with Crippen molar-refractivity contribution in [1.29, 1.82) is 0 Å². The summed E-state index contributed by atoms with van der Waals surface area (Å²) in [7, 11) is 0. The number of rotatable bonds is 8. The maximum atomic E-state index is 13.4. The van der Waals surface area contributed by atoms with Gasteiger partial charge < -0.3 is 19.7 Å². The molecule has 0 saturated carbocycles. The smallest absolute Gasteiger partial charge is 0.260 e. The number of nitrogens with zero attached hydrogens (tertiary/aromatic N) is 2. The number of carbonyl (C=O) groups is 3. The third-order valence-electron chi connectivity index (χ3n) is 7.11. The van der Waals surface area contributed by atoms with Crippen molar-refractivity contribution < 1.29 is 23.9 Å². The summed E-state index contributed by atoms with van der Waals surface area (Å²) < 4.78 is 10.7. The van der Waals surface area contributed by atoms with Crippen molar-refractivity contribution in [2.45, 2.75) is 38.4 Å². The van der Waals surface area contributed by atoms with Crippen molar-refractivity contribution in [3.8, 4) is 11.5 Å². The summed E-state index contributed by atoms with van der Waals surface area (Å²) in [6, 6.07) is 20.4. The minimum atomic E-state index is -0.434. The molecule has 6 rings (SSSR count). The van der Waals surface area contributed by atoms with Gasteiger partial charge in [-0.3, -0.25) is 19.3 Å². The molecule has 3 aliphatic rings. The van der Waals surface area contributed by atoms with E-state index in [0.717, 1.165) is 36.1 Å². The maximum absolute atomic E-state index is 13.4. The fraction of sp³-hybridized carbons (Fsp3) is 0.276. The van der Waals surface area contributed by atoms with Crippen LogP contribution in [0.25, 0.3) is 0 Å². The Balaban J connectivity index is 1.05. The number of amides is 3. The van der Waals surface area contributed by atoms with Gasteiger partial charge in [-0.2, -0.15) is 0 Å². The van der Waals surface area contributed by atoms with Gasteiger partial charge in [-0.1, -0.05) is 42.8 Å². The van der Waals surface area contributed by atoms with E-state index in [-0.39, 0.29) is 24.5 Å². The number of unbranched alkanes of at least 4 members (excludes halogenated alkanes) is 2. The van der Waals surface area contributed by atoms with Gasteiger partial charge >= 0.3 is 0 Å². The van der Waals surface area contributed by atoms with Crippen molar-refractivity contribution in [2.24, 2.45) is 0 Å². The molecule has 3 aliphatic heterocycles. The van der Waals surface area contributed by atoms with Gasteiger partial charge in [0, 0.05) is 30.6 Å². The minimum absolute atomic E-state index is 0.0119. The minimum Gasteiger partial charge on any atom is -0.454 e. The van der Waals surface area contributed by atoms with Gasteiger partial charge in [-0.05, 0) is 48.7 Å². The molecule has 3 heterocycles. The van der Waals surface area contributed by atoms with Crippen LogP contribution in [0.15, 0.2) is 66.7 Å². The van der Waals surface area contributed by atoms with E-state index in [1.807, 2.05) is 60.7 Å². The first kappa shape index (κ1) is 23.1. The lowest BCUT2D eigenvalue weighted by molar-refractivity contribution is -0.121. The van der Waals surface area contributed by atoms with E-state index in [0.29, 0.717) is 42.1 Å². The topological polar surface area (TPSA) is 88.2 Å². The highest BCUT2D eigenvalue weighted by Gasteiger charge is 2.47. The third-order valence-corrected chi connectivity index (χ3v) is 7.11. The molecule has 8 heteroatoms. The van der Waals surface area contributed by atoms with Crippen LogP contribution < -0.4 is 19.7 Å². The van der Waals surface area contributed by atoms with Crippen LogP contribution in [0.5, 0.6) is 11.5 Å². The Labute approximate surface area is 214 Å². The van der Waals surface area contributed by atoms with E-state index >= 15 is 0 Å². The van der Waals surface area contributed by atoms with Crippen LogP contribution in [0, 0.1) is 0 Å². The first-order chi connectivity index (χ1) is 18.1. The van der Waals surface area contributed by atoms with E-state index in [1.54, 1.807) is 15.9 Å². The zero-order chi connectivity index (χ0) is 25.4. The third kappa shape index (κ3) is 4.18. The molecule has 188 valence electrons. The molecule has 0 aromatic heterocycles. The highest BCUT2D eigenvalue weighted by molar-refractivity contribution is 6.16. The van der Waals surface area contributed by atoms with Crippen LogP contribution in [0.1, 0.15) is 63.7 Å². The summed E-state index contributed by atoms with van der Waals surface area (Å²) in [6.07, 6.45) is 2.24. The zero-order valence-electron chi connectivity index (χ0n) is 20.3. The number of hydrogen-bond acceptors (Lipinski definition) is 5. The van der Waals surface area contributed by atoms with E-state index in [1.165, 1.54) is 0 Å². The van der Waals surface area contributed by atoms with Crippen molar-refractivity contribution in [3.63, 3.8) is 0 Å². The van der Waals surface area contributed by atoms with Gasteiger partial charge in [0.05, 0.1) is 11.3 Å². The van der Waals surface area contributed by atoms with Crippen molar-refractivity contribution in [1.82, 2.24) is 10.2 Å². The Hall–Kier alpha value is -4.33. The fourth-order valence-electron chi connectivity index (χ4n) is 5.28. The molecule has 0 radical (unpaired) electrons. The Morgan fingerprint density at radius 2 is 1.65 bits per heavy atom. The SMILES string of the molecule is O=C(CCCCCN1C(=O)c2ccccc2N2C(=O)c3ccccc3C12)NCc1ccc2c(c1)OCO2. The molecule has 37 heavy (non-hydrogen) atoms. The van der Waals surface area contributed by atoms with Crippen LogP contribution in [0.4, 0.5) is 5.69 Å². The maximum Gasteiger partial charge on any atom is 0.260 e. The van der Waals surface area contributed by atoms with E-state index in [9.17, 15) is 14.4 Å². The molecule has 0 spiro atoms. The number of fused-ring (bicyclic) bond motifs is 6. The summed E-state index contributed by atoms with van der Waals surface area (Å²) >= 11 is 0. The van der Waals surface area contributed by atoms with Gasteiger partial charge in [0.2, 0.25) is 12.7 Å². The van der Waals surface area contributed by atoms with Gasteiger partial charge in [0.1, 0.15) is 6.17 Å². The summed E-state index contributed by atoms with van der Waals surface area (Å²) in [5.74, 6) is 1.26. The Morgan fingerprint density at radius 3 is 2.54 bits per heavy atom. The molecule has 1 atom stereocenters. The normalized spacial score (nSPS) is 16.9. The fourth-order valence-corrected chi connectivity index (χ4v) is 5.28. The Morgan fingerprint density at radius 1 is 0.865 bits per heavy atom. The average molecular weight is 498 g/mol. The standard InChI is InChI=1S/C29H27N3O5/c33-26(30-17-19-13-14-24-25(16-19)37-18-36-24)12-2-1-7-15-31-27-20-8-3-4-9-21(20)29(35)32(27)23-11-6-5-10-22(23)28(31)34/h3-6,8-11,13-14,16,27H,1-2,7,12,15,17-18H2,(H,30,33). The molecule has 8 nitrogen and oxygen atoms in total. The summed E-state index contributed by atoms with van der Waals surface area (Å²) in [5, 5.41) is 2.95. The summed E-state index contributed by atoms with van der Waals surface area (Å²) in [4.78, 5) is 42.6. The molecule has 1 N–H and O–H groups in total. The van der Waals surface area contributed by atoms with E-state index < -0.39 is 6.17 Å². The lowest BCUT2D eigenvalue weighted by Crippen LogP contribution is -2.48. The first-order valence-corrected chi connectivity index (χ1v) is 12.6. The lowest BCUT2D eigenvalue weighted by atomic mass is 10.0. The monoisotopic (exact) mass is 497 g/mol. The molecule has 0 aliphatic carbocycles. The molecule has 3 aromatic carbocycles. The van der Waals surface area contributed by atoms with Crippen molar-refractivity contribution >= 4 is 23.4 Å². The van der Waals surface area contributed by atoms with Crippen LogP contribution in [0.2, 0.25) is 0 Å². The van der Waals surface area contributed by atoms with Crippen molar-refractivity contribution in [2.75, 3.05) is 18.2 Å². The van der Waals surface area contributed by atoms with Crippen molar-refractivity contribution in [3.05, 3.63) is 89.0 Å². The predicted molar refractivity (Wildman–Crippen MR) is 136 cm³/mol. The lowest BCUT2D eigenvalue weighted by Gasteiger charge is -2.41. The van der Waals surface area contributed by atoms with E-state index in [2.05, 4.69) is 5.32 Å². The first-order valence-electron chi connectivity index (χ1n) is 12.6. The Kier molecular flexibility index (Phi) is 6.00. The number of para-hydroxylation sites is 1. The quantitative estimate of drug-likeness (QED) is 0.466. The molecular formula is C29H27N3O5. The predicted octanol–water partition coefficient (Wildman–Crippen LogP) is 4.41. The molecule has 3 amide bonds. The molecule has 0 fully saturated rings. The average Bonchev–Trinajstić information content (AvgIpc) is 3.51. The van der Waals surface area contributed by atoms with Gasteiger partial charge in [-0.15, -0.1) is 0 Å². The second-order valence-corrected chi connectivity index (χ2v) is 9.43. The number of ether oxygens (including phenoxy) is 2. The van der Waals surface area contributed by atoms with Crippen LogP contribution in [-0.2, 0) is 11.3 Å². The van der Waals surface area contributed by atoms with Gasteiger partial charge in [-0.25, -0.2) is 0 Å². The molecule has 0 bridgehead atoms. The van der Waals surface area contributed by atoms with E-state index in [4.69, 9.17) is 9.47 Å². The number of carbonyl (C=O) groups excluding carboxylic acids is 3. The van der Waals surface area contributed by atoms with Crippen LogP contribution >= 0.6 is 0 Å². The van der Waals surface area contributed by atoms with Crippen LogP contribution in [-0.4, -0.2) is 36.0 Å². The number of hydrogen-bond donors (Lipinski definition) is 1.